The van der Waals surface area contributed by atoms with Gasteiger partial charge in [-0.1, -0.05) is 0 Å². The summed E-state index contributed by atoms with van der Waals surface area (Å²) < 4.78 is 7.46. The lowest BCUT2D eigenvalue weighted by atomic mass is 9.99. The molecule has 0 saturated carbocycles. The Morgan fingerprint density at radius 1 is 1.32 bits per heavy atom. The van der Waals surface area contributed by atoms with Gasteiger partial charge in [0.05, 0.1) is 5.72 Å². The Kier molecular flexibility index (Phi) is 3.32. The van der Waals surface area contributed by atoms with Crippen LogP contribution in [0.1, 0.15) is 12.8 Å². The summed E-state index contributed by atoms with van der Waals surface area (Å²) in [4.78, 5) is 12.6. The number of aromatic nitrogens is 4. The highest BCUT2D eigenvalue weighted by Gasteiger charge is 2.19. The number of nitrogens with zero attached hydrogens (tertiary/aromatic N) is 4. The van der Waals surface area contributed by atoms with Crippen LogP contribution in [0, 0.1) is 5.92 Å². The topological polar surface area (TPSA) is 78.9 Å². The Bertz CT molecular complexity index is 611. The molecule has 1 aliphatic heterocycles. The summed E-state index contributed by atoms with van der Waals surface area (Å²) in [6, 6.07) is 0. The maximum atomic E-state index is 5.88. The quantitative estimate of drug-likeness (QED) is 0.606. The van der Waals surface area contributed by atoms with Crippen LogP contribution in [0.5, 0.6) is 0 Å². The summed E-state index contributed by atoms with van der Waals surface area (Å²) in [6.07, 6.45) is 2.13. The average molecular weight is 280 g/mol. The van der Waals surface area contributed by atoms with Gasteiger partial charge in [0.25, 0.3) is 0 Å². The van der Waals surface area contributed by atoms with Crippen molar-refractivity contribution < 1.29 is 4.74 Å². The Hall–Kier alpha value is -1.34. The largest absolute Gasteiger partial charge is 0.382 e. The molecule has 19 heavy (non-hydrogen) atoms. The lowest BCUT2D eigenvalue weighted by Gasteiger charge is -2.23. The fraction of sp³-hybridized carbons (Fsp3) is 0.545. The fourth-order valence-corrected chi connectivity index (χ4v) is 2.68. The lowest BCUT2D eigenvalue weighted by Crippen LogP contribution is -2.27. The molecule has 6 nitrogen and oxygen atoms in total. The zero-order valence-electron chi connectivity index (χ0n) is 10.8. The molecule has 0 aromatic carbocycles. The predicted octanol–water partition coefficient (Wildman–Crippen LogP) is -0.253. The van der Waals surface area contributed by atoms with Gasteiger partial charge in [-0.15, -0.1) is 0 Å². The van der Waals surface area contributed by atoms with Crippen LogP contribution < -0.4 is 11.5 Å². The molecule has 0 amide bonds. The third-order valence-corrected chi connectivity index (χ3v) is 3.74. The molecule has 0 spiro atoms. The highest BCUT2D eigenvalue weighted by Crippen LogP contribution is 2.21. The SMILES string of the molecule is Bc1nc2c(N)nc(Cl)nc2n1CC1CCOCC1. The minimum Gasteiger partial charge on any atom is -0.382 e. The van der Waals surface area contributed by atoms with Gasteiger partial charge in [0, 0.05) is 19.8 Å². The van der Waals surface area contributed by atoms with E-state index in [0.717, 1.165) is 44.0 Å². The minimum atomic E-state index is 0.165. The third kappa shape index (κ3) is 2.40. The molecular formula is C11H15BClN5O. The van der Waals surface area contributed by atoms with Crippen LogP contribution in [-0.2, 0) is 11.3 Å². The number of imidazole rings is 1. The molecule has 2 aromatic rings. The molecule has 3 heterocycles. The van der Waals surface area contributed by atoms with E-state index in [9.17, 15) is 0 Å². The van der Waals surface area contributed by atoms with Crippen molar-refractivity contribution in [2.24, 2.45) is 5.92 Å². The molecule has 2 aromatic heterocycles. The average Bonchev–Trinajstić information content (AvgIpc) is 2.69. The summed E-state index contributed by atoms with van der Waals surface area (Å²) >= 11 is 5.88. The summed E-state index contributed by atoms with van der Waals surface area (Å²) in [5.41, 5.74) is 8.09. The normalized spacial score (nSPS) is 17.1. The van der Waals surface area contributed by atoms with Gasteiger partial charge in [-0.05, 0) is 30.4 Å². The first kappa shape index (κ1) is 12.7. The van der Waals surface area contributed by atoms with Gasteiger partial charge in [0.15, 0.2) is 19.3 Å². The van der Waals surface area contributed by atoms with Crippen molar-refractivity contribution >= 4 is 42.2 Å². The Labute approximate surface area is 116 Å². The predicted molar refractivity (Wildman–Crippen MR) is 76.5 cm³/mol. The number of anilines is 1. The first-order valence-corrected chi connectivity index (χ1v) is 6.76. The first-order chi connectivity index (χ1) is 9.15. The van der Waals surface area contributed by atoms with Crippen LogP contribution in [0.25, 0.3) is 11.2 Å². The molecule has 8 heteroatoms. The van der Waals surface area contributed by atoms with Crippen molar-refractivity contribution in [2.75, 3.05) is 18.9 Å². The van der Waals surface area contributed by atoms with Crippen LogP contribution in [0.3, 0.4) is 0 Å². The van der Waals surface area contributed by atoms with E-state index in [0.29, 0.717) is 17.3 Å². The van der Waals surface area contributed by atoms with E-state index in [-0.39, 0.29) is 5.28 Å². The molecular weight excluding hydrogens is 264 g/mol. The van der Waals surface area contributed by atoms with E-state index in [1.807, 2.05) is 7.85 Å². The Morgan fingerprint density at radius 2 is 2.05 bits per heavy atom. The Balaban J connectivity index is 1.99. The number of halogens is 1. The monoisotopic (exact) mass is 279 g/mol. The summed E-state index contributed by atoms with van der Waals surface area (Å²) in [6.45, 7) is 2.53. The number of hydrogen-bond donors (Lipinski definition) is 1. The molecule has 1 fully saturated rings. The van der Waals surface area contributed by atoms with Crippen LogP contribution in [0.15, 0.2) is 0 Å². The summed E-state index contributed by atoms with van der Waals surface area (Å²) in [7, 11) is 1.95. The molecule has 2 N–H and O–H groups in total. The van der Waals surface area contributed by atoms with Gasteiger partial charge >= 0.3 is 0 Å². The van der Waals surface area contributed by atoms with E-state index in [4.69, 9.17) is 22.1 Å². The third-order valence-electron chi connectivity index (χ3n) is 3.57. The second-order valence-corrected chi connectivity index (χ2v) is 5.21. The standard InChI is InChI=1S/C11H15BClN5O/c12-10-15-7-8(14)16-11(13)17-9(7)18(10)5-6-1-3-19-4-2-6/h6H,1-5,12H2,(H2,14,16,17). The second kappa shape index (κ2) is 4.98. The minimum absolute atomic E-state index is 0.165. The number of rotatable bonds is 2. The molecule has 100 valence electrons. The van der Waals surface area contributed by atoms with Crippen LogP contribution in [0.4, 0.5) is 5.82 Å². The molecule has 3 rings (SSSR count). The zero-order chi connectivity index (χ0) is 13.4. The molecule has 0 radical (unpaired) electrons. The van der Waals surface area contributed by atoms with Crippen molar-refractivity contribution in [3.63, 3.8) is 0 Å². The maximum absolute atomic E-state index is 5.88. The molecule has 0 unspecified atom stereocenters. The molecule has 0 atom stereocenters. The smallest absolute Gasteiger partial charge is 0.226 e. The van der Waals surface area contributed by atoms with Crippen molar-refractivity contribution in [1.82, 2.24) is 19.5 Å². The van der Waals surface area contributed by atoms with Gasteiger partial charge in [-0.2, -0.15) is 9.97 Å². The van der Waals surface area contributed by atoms with E-state index in [1.165, 1.54) is 0 Å². The lowest BCUT2D eigenvalue weighted by molar-refractivity contribution is 0.0618. The summed E-state index contributed by atoms with van der Waals surface area (Å²) in [5.74, 6) is 0.920. The number of nitrogen functional groups attached to an aromatic ring is 1. The fourth-order valence-electron chi connectivity index (χ4n) is 2.51. The van der Waals surface area contributed by atoms with Gasteiger partial charge < -0.3 is 15.0 Å². The van der Waals surface area contributed by atoms with Crippen molar-refractivity contribution in [3.05, 3.63) is 5.28 Å². The van der Waals surface area contributed by atoms with Crippen molar-refractivity contribution in [2.45, 2.75) is 19.4 Å². The number of nitrogens with two attached hydrogens (primary N) is 1. The van der Waals surface area contributed by atoms with E-state index in [2.05, 4.69) is 19.5 Å². The van der Waals surface area contributed by atoms with Crippen molar-refractivity contribution in [1.29, 1.82) is 0 Å². The summed E-state index contributed by atoms with van der Waals surface area (Å²) in [5, 5.41) is 0.165. The van der Waals surface area contributed by atoms with Crippen LogP contribution in [0.2, 0.25) is 5.28 Å². The highest BCUT2D eigenvalue weighted by molar-refractivity contribution is 6.31. The zero-order valence-corrected chi connectivity index (χ0v) is 11.5. The van der Waals surface area contributed by atoms with Gasteiger partial charge in [-0.3, -0.25) is 0 Å². The molecule has 0 bridgehead atoms. The Morgan fingerprint density at radius 3 is 2.79 bits per heavy atom. The van der Waals surface area contributed by atoms with E-state index >= 15 is 0 Å². The molecule has 1 aliphatic rings. The van der Waals surface area contributed by atoms with Gasteiger partial charge in [0.1, 0.15) is 5.52 Å². The highest BCUT2D eigenvalue weighted by atomic mass is 35.5. The number of fused-ring (bicyclic) bond motifs is 1. The number of ether oxygens (including phenoxy) is 1. The molecule has 0 aliphatic carbocycles. The maximum Gasteiger partial charge on any atom is 0.226 e. The number of hydrogen-bond acceptors (Lipinski definition) is 5. The van der Waals surface area contributed by atoms with Crippen LogP contribution in [-0.4, -0.2) is 40.6 Å². The van der Waals surface area contributed by atoms with Gasteiger partial charge in [0.2, 0.25) is 5.28 Å². The van der Waals surface area contributed by atoms with E-state index < -0.39 is 0 Å². The van der Waals surface area contributed by atoms with Gasteiger partial charge in [-0.25, -0.2) is 4.98 Å². The van der Waals surface area contributed by atoms with E-state index in [1.54, 1.807) is 0 Å². The first-order valence-electron chi connectivity index (χ1n) is 6.38. The van der Waals surface area contributed by atoms with Crippen molar-refractivity contribution in [3.8, 4) is 0 Å². The second-order valence-electron chi connectivity index (χ2n) is 4.88. The van der Waals surface area contributed by atoms with Crippen LogP contribution >= 0.6 is 11.6 Å². The molecule has 1 saturated heterocycles.